The molecule has 6 nitrogen and oxygen atoms in total. The largest absolute Gasteiger partial charge is 0.328 e. The molecule has 180 valence electrons. The van der Waals surface area contributed by atoms with Gasteiger partial charge in [0.15, 0.2) is 5.78 Å². The minimum Gasteiger partial charge on any atom is -0.328 e. The Hall–Kier alpha value is -3.71. The quantitative estimate of drug-likeness (QED) is 0.333. The Morgan fingerprint density at radius 1 is 0.944 bits per heavy atom. The number of nitrogens with zero attached hydrogens (tertiary/aromatic N) is 4. The Labute approximate surface area is 214 Å². The zero-order valence-corrected chi connectivity index (χ0v) is 21.1. The van der Waals surface area contributed by atoms with Crippen molar-refractivity contribution >= 4 is 23.5 Å². The van der Waals surface area contributed by atoms with Crippen LogP contribution in [-0.4, -0.2) is 25.5 Å². The molecule has 2 aromatic heterocycles. The second-order valence-electron chi connectivity index (χ2n) is 10.1. The number of rotatable bonds is 5. The van der Waals surface area contributed by atoms with Crippen molar-refractivity contribution in [2.24, 2.45) is 5.41 Å². The third-order valence-electron chi connectivity index (χ3n) is 6.71. The van der Waals surface area contributed by atoms with Crippen molar-refractivity contribution < 1.29 is 4.79 Å². The van der Waals surface area contributed by atoms with Crippen LogP contribution in [0.1, 0.15) is 54.8 Å². The molecule has 36 heavy (non-hydrogen) atoms. The molecule has 2 aliphatic rings. The van der Waals surface area contributed by atoms with E-state index >= 15 is 0 Å². The number of anilines is 1. The highest BCUT2D eigenvalue weighted by Crippen LogP contribution is 2.46. The van der Waals surface area contributed by atoms with E-state index in [1.807, 2.05) is 35.0 Å². The van der Waals surface area contributed by atoms with Crippen LogP contribution >= 0.6 is 11.8 Å². The predicted octanol–water partition coefficient (Wildman–Crippen LogP) is 6.21. The Morgan fingerprint density at radius 3 is 2.25 bits per heavy atom. The second kappa shape index (κ2) is 9.06. The van der Waals surface area contributed by atoms with Gasteiger partial charge >= 0.3 is 0 Å². The molecule has 0 amide bonds. The maximum absolute atomic E-state index is 13.4. The topological polar surface area (TPSA) is 72.7 Å². The monoisotopic (exact) mass is 493 g/mol. The molecule has 6 rings (SSSR count). The first-order chi connectivity index (χ1) is 17.5. The van der Waals surface area contributed by atoms with E-state index in [4.69, 9.17) is 10.1 Å². The molecule has 2 aromatic carbocycles. The SMILES string of the molecule is CC1(C)CC(=O)C2=C(C1)Nc1nc(SC(c3ccccc3)c3ccccc3)nn1C2c1ccccn1. The number of pyridine rings is 1. The molecule has 1 atom stereocenters. The number of aromatic nitrogens is 4. The summed E-state index contributed by atoms with van der Waals surface area (Å²) < 4.78 is 1.84. The maximum Gasteiger partial charge on any atom is 0.227 e. The van der Waals surface area contributed by atoms with E-state index in [1.165, 1.54) is 11.1 Å². The highest BCUT2D eigenvalue weighted by atomic mass is 32.2. The van der Waals surface area contributed by atoms with Crippen molar-refractivity contribution in [3.05, 3.63) is 113 Å². The Kier molecular flexibility index (Phi) is 5.72. The van der Waals surface area contributed by atoms with Gasteiger partial charge in [0.1, 0.15) is 6.04 Å². The smallest absolute Gasteiger partial charge is 0.227 e. The summed E-state index contributed by atoms with van der Waals surface area (Å²) >= 11 is 1.61. The van der Waals surface area contributed by atoms with Crippen LogP contribution < -0.4 is 5.32 Å². The first-order valence-electron chi connectivity index (χ1n) is 12.2. The van der Waals surface area contributed by atoms with Gasteiger partial charge in [-0.25, -0.2) is 4.68 Å². The van der Waals surface area contributed by atoms with E-state index in [0.717, 1.165) is 23.4 Å². The van der Waals surface area contributed by atoms with Gasteiger partial charge in [0.2, 0.25) is 11.1 Å². The molecule has 0 saturated carbocycles. The van der Waals surface area contributed by atoms with Crippen molar-refractivity contribution in [2.75, 3.05) is 5.32 Å². The zero-order chi connectivity index (χ0) is 24.7. The van der Waals surface area contributed by atoms with Crippen LogP contribution in [0.5, 0.6) is 0 Å². The van der Waals surface area contributed by atoms with Gasteiger partial charge in [-0.15, -0.1) is 5.10 Å². The van der Waals surface area contributed by atoms with Crippen molar-refractivity contribution in [2.45, 2.75) is 43.1 Å². The van der Waals surface area contributed by atoms with E-state index in [-0.39, 0.29) is 16.4 Å². The molecular formula is C29H27N5OS. The summed E-state index contributed by atoms with van der Waals surface area (Å²) in [4.78, 5) is 22.9. The third-order valence-corrected chi connectivity index (χ3v) is 7.87. The minimum atomic E-state index is -0.394. The number of benzene rings is 2. The highest BCUT2D eigenvalue weighted by Gasteiger charge is 2.42. The molecule has 1 aliphatic carbocycles. The summed E-state index contributed by atoms with van der Waals surface area (Å²) in [7, 11) is 0. The van der Waals surface area contributed by atoms with E-state index in [1.54, 1.807) is 18.0 Å². The predicted molar refractivity (Wildman–Crippen MR) is 142 cm³/mol. The Morgan fingerprint density at radius 2 is 1.61 bits per heavy atom. The maximum atomic E-state index is 13.4. The minimum absolute atomic E-state index is 0.0355. The highest BCUT2D eigenvalue weighted by molar-refractivity contribution is 7.99. The lowest BCUT2D eigenvalue weighted by molar-refractivity contribution is -0.118. The number of ketones is 1. The number of Topliss-reactive ketones (excluding diaryl/α,β-unsaturated/α-hetero) is 1. The standard InChI is InChI=1S/C29H27N5OS/c1-29(2)17-22-24(23(35)18-29)25(21-15-9-10-16-30-21)34-27(31-22)32-28(33-34)36-26(19-11-5-3-6-12-19)20-13-7-4-8-14-20/h3-16,25-26H,17-18H2,1-2H3,(H,31,32,33). The summed E-state index contributed by atoms with van der Waals surface area (Å²) in [5.74, 6) is 0.795. The average Bonchev–Trinajstić information content (AvgIpc) is 3.29. The van der Waals surface area contributed by atoms with E-state index < -0.39 is 6.04 Å². The average molecular weight is 494 g/mol. The van der Waals surface area contributed by atoms with Crippen LogP contribution in [0.15, 0.2) is 101 Å². The number of carbonyl (C=O) groups excluding carboxylic acids is 1. The normalized spacial score (nSPS) is 18.5. The van der Waals surface area contributed by atoms with Gasteiger partial charge in [-0.1, -0.05) is 92.3 Å². The molecule has 0 spiro atoms. The van der Waals surface area contributed by atoms with Crippen LogP contribution in [0, 0.1) is 5.41 Å². The fraction of sp³-hybridized carbons (Fsp3) is 0.241. The summed E-state index contributed by atoms with van der Waals surface area (Å²) in [5, 5.41) is 9.10. The van der Waals surface area contributed by atoms with E-state index in [9.17, 15) is 4.79 Å². The van der Waals surface area contributed by atoms with Gasteiger partial charge in [0.25, 0.3) is 0 Å². The molecule has 1 unspecified atom stereocenters. The number of fused-ring (bicyclic) bond motifs is 1. The summed E-state index contributed by atoms with van der Waals surface area (Å²) in [6.07, 6.45) is 3.05. The van der Waals surface area contributed by atoms with Crippen molar-refractivity contribution in [1.29, 1.82) is 0 Å². The van der Waals surface area contributed by atoms with Crippen LogP contribution in [-0.2, 0) is 4.79 Å². The number of carbonyl (C=O) groups is 1. The molecule has 0 saturated heterocycles. The zero-order valence-electron chi connectivity index (χ0n) is 20.3. The van der Waals surface area contributed by atoms with Gasteiger partial charge in [0.05, 0.1) is 10.9 Å². The van der Waals surface area contributed by atoms with Crippen molar-refractivity contribution in [3.8, 4) is 0 Å². The van der Waals surface area contributed by atoms with Crippen LogP contribution in [0.25, 0.3) is 0 Å². The molecule has 3 heterocycles. The molecule has 1 aliphatic heterocycles. The van der Waals surface area contributed by atoms with Gasteiger partial charge in [-0.2, -0.15) is 4.98 Å². The number of thioether (sulfide) groups is 1. The fourth-order valence-corrected chi connectivity index (χ4v) is 6.21. The summed E-state index contributed by atoms with van der Waals surface area (Å²) in [6.45, 7) is 4.27. The second-order valence-corrected chi connectivity index (χ2v) is 11.2. The fourth-order valence-electron chi connectivity index (χ4n) is 5.14. The lowest BCUT2D eigenvalue weighted by Crippen LogP contribution is -2.36. The first kappa shape index (κ1) is 22.7. The summed E-state index contributed by atoms with van der Waals surface area (Å²) in [5.41, 5.74) is 4.75. The van der Waals surface area contributed by atoms with E-state index in [2.05, 4.69) is 72.7 Å². The Bertz CT molecular complexity index is 1390. The molecular weight excluding hydrogens is 466 g/mol. The third kappa shape index (κ3) is 4.24. The van der Waals surface area contributed by atoms with Gasteiger partial charge < -0.3 is 5.32 Å². The molecule has 0 radical (unpaired) electrons. The number of allylic oxidation sites excluding steroid dienone is 2. The number of hydrogen-bond acceptors (Lipinski definition) is 6. The van der Waals surface area contributed by atoms with E-state index in [0.29, 0.717) is 17.5 Å². The number of hydrogen-bond donors (Lipinski definition) is 1. The molecule has 0 fully saturated rings. The van der Waals surface area contributed by atoms with Gasteiger partial charge in [0, 0.05) is 23.9 Å². The molecule has 1 N–H and O–H groups in total. The molecule has 7 heteroatoms. The van der Waals surface area contributed by atoms with Crippen LogP contribution in [0.3, 0.4) is 0 Å². The summed E-state index contributed by atoms with van der Waals surface area (Å²) in [6, 6.07) is 26.2. The Balaban J connectivity index is 1.42. The molecule has 0 bridgehead atoms. The first-order valence-corrected chi connectivity index (χ1v) is 13.0. The lowest BCUT2D eigenvalue weighted by Gasteiger charge is -2.37. The van der Waals surface area contributed by atoms with Crippen LogP contribution in [0.2, 0.25) is 0 Å². The van der Waals surface area contributed by atoms with Crippen molar-refractivity contribution in [3.63, 3.8) is 0 Å². The number of nitrogens with one attached hydrogen (secondary N) is 1. The van der Waals surface area contributed by atoms with Crippen molar-refractivity contribution in [1.82, 2.24) is 19.7 Å². The lowest BCUT2D eigenvalue weighted by atomic mass is 9.73. The van der Waals surface area contributed by atoms with Gasteiger partial charge in [-0.3, -0.25) is 9.78 Å². The van der Waals surface area contributed by atoms with Crippen LogP contribution in [0.4, 0.5) is 5.95 Å². The van der Waals surface area contributed by atoms with Gasteiger partial charge in [-0.05, 0) is 35.1 Å². The molecule has 4 aromatic rings.